The zero-order valence-electron chi connectivity index (χ0n) is 24.5. The highest BCUT2D eigenvalue weighted by Gasteiger charge is 2.38. The molecule has 0 heterocycles. The summed E-state index contributed by atoms with van der Waals surface area (Å²) in [6.07, 6.45) is -2.97. The number of anilines is 1. The van der Waals surface area contributed by atoms with Crippen LogP contribution in [-0.2, 0) is 26.0 Å². The smallest absolute Gasteiger partial charge is 0.480 e. The van der Waals surface area contributed by atoms with Crippen molar-refractivity contribution in [3.8, 4) is 11.1 Å². The molecule has 5 N–H and O–H groups in total. The van der Waals surface area contributed by atoms with Crippen LogP contribution in [0.15, 0.2) is 82.8 Å². The number of carboxylic acids is 2. The predicted octanol–water partition coefficient (Wildman–Crippen LogP) is 4.88. The minimum atomic E-state index is -5.08. The van der Waals surface area contributed by atoms with E-state index in [0.717, 1.165) is 22.4 Å². The zero-order valence-corrected chi connectivity index (χ0v) is 25.4. The quantitative estimate of drug-likeness (QED) is 0.139. The zero-order chi connectivity index (χ0) is 33.3. The minimum absolute atomic E-state index is 0.222. The van der Waals surface area contributed by atoms with Crippen molar-refractivity contribution in [3.63, 3.8) is 0 Å². The topological polar surface area (TPSA) is 162 Å². The van der Waals surface area contributed by atoms with Crippen LogP contribution in [0, 0.1) is 0 Å². The predicted molar refractivity (Wildman–Crippen MR) is 162 cm³/mol. The molecule has 0 spiro atoms. The summed E-state index contributed by atoms with van der Waals surface area (Å²) in [5.41, 5.74) is 3.33. The summed E-state index contributed by atoms with van der Waals surface area (Å²) in [6, 6.07) is 21.2. The second kappa shape index (κ2) is 14.8. The van der Waals surface area contributed by atoms with E-state index in [0.29, 0.717) is 18.5 Å². The van der Waals surface area contributed by atoms with Gasteiger partial charge in [-0.15, -0.1) is 0 Å². The number of alkyl halides is 3. The molecule has 0 saturated heterocycles. The van der Waals surface area contributed by atoms with Crippen LogP contribution < -0.4 is 15.5 Å². The maximum atomic E-state index is 13.0. The Bertz CT molecular complexity index is 1570. The lowest BCUT2D eigenvalue weighted by molar-refractivity contribution is -0.192. The van der Waals surface area contributed by atoms with Crippen molar-refractivity contribution in [1.29, 1.82) is 0 Å². The largest absolute Gasteiger partial charge is 0.490 e. The molecule has 1 atom stereocenters. The summed E-state index contributed by atoms with van der Waals surface area (Å²) in [5.74, 6) is 1.59. The van der Waals surface area contributed by atoms with Crippen molar-refractivity contribution in [2.45, 2.75) is 56.8 Å². The molecule has 0 aliphatic heterocycles. The van der Waals surface area contributed by atoms with E-state index in [9.17, 15) is 31.5 Å². The third kappa shape index (κ3) is 10.7. The lowest BCUT2D eigenvalue weighted by Gasteiger charge is -2.29. The molecule has 3 aromatic rings. The van der Waals surface area contributed by atoms with Crippen LogP contribution in [0.5, 0.6) is 0 Å². The first-order chi connectivity index (χ1) is 20.4. The number of nitrogens with zero attached hydrogens (tertiary/aromatic N) is 2. The molecule has 0 fully saturated rings. The van der Waals surface area contributed by atoms with Crippen LogP contribution in [0.25, 0.3) is 11.1 Å². The molecule has 44 heavy (non-hydrogen) atoms. The summed E-state index contributed by atoms with van der Waals surface area (Å²) in [6.45, 7) is 7.53. The number of hydrogen-bond acceptors (Lipinski definition) is 7. The van der Waals surface area contributed by atoms with Gasteiger partial charge in [-0.1, -0.05) is 54.6 Å². The molecule has 3 rings (SSSR count). The second-order valence-electron chi connectivity index (χ2n) is 10.7. The van der Waals surface area contributed by atoms with Crippen molar-refractivity contribution < 1.29 is 41.4 Å². The molecule has 0 radical (unpaired) electrons. The number of hydrazone groups is 1. The molecule has 0 bridgehead atoms. The Morgan fingerprint density at radius 3 is 2.11 bits per heavy atom. The highest BCUT2D eigenvalue weighted by molar-refractivity contribution is 7.89. The normalized spacial score (nSPS) is 12.7. The van der Waals surface area contributed by atoms with Crippen molar-refractivity contribution in [1.82, 2.24) is 4.72 Å². The van der Waals surface area contributed by atoms with Crippen molar-refractivity contribution >= 4 is 33.9 Å². The highest BCUT2D eigenvalue weighted by Crippen LogP contribution is 2.29. The number of nitrogens with two attached hydrogens (primary N) is 1. The van der Waals surface area contributed by atoms with Crippen molar-refractivity contribution in [2.75, 3.05) is 11.4 Å². The summed E-state index contributed by atoms with van der Waals surface area (Å²) < 4.78 is 60.5. The molecule has 0 aromatic heterocycles. The molecule has 10 nitrogen and oxygen atoms in total. The van der Waals surface area contributed by atoms with Crippen molar-refractivity contribution in [2.24, 2.45) is 10.9 Å². The van der Waals surface area contributed by atoms with Gasteiger partial charge in [0, 0.05) is 23.3 Å². The van der Waals surface area contributed by atoms with Gasteiger partial charge in [0.15, 0.2) is 0 Å². The number of halogens is 3. The fourth-order valence-electron chi connectivity index (χ4n) is 4.05. The first-order valence-electron chi connectivity index (χ1n) is 13.2. The Kier molecular flexibility index (Phi) is 12.1. The lowest BCUT2D eigenvalue weighted by atomic mass is 10.0. The number of sulfonamides is 1. The number of nitrogens with one attached hydrogen (secondary N) is 1. The van der Waals surface area contributed by atoms with E-state index in [4.69, 9.17) is 15.7 Å². The standard InChI is InChI=1S/C28H34N4O4S.C2HF3O2/c1-20(27(33)34)32(24-9-7-8-22(18-24)19-30-29)17-16-21-12-14-23(15-13-21)25-10-5-6-11-26(25)37(35,36)31-28(2,3)4;3-2(4,5)1(6)7/h5-15,18-20,31H,16-17,29H2,1-4H3,(H,33,34);(H,6,7). The number of carboxylic acid groups (broad SMARTS) is 2. The Morgan fingerprint density at radius 2 is 1.59 bits per heavy atom. The molecule has 14 heteroatoms. The van der Waals surface area contributed by atoms with E-state index in [1.807, 2.05) is 59.5 Å². The fourth-order valence-corrected chi connectivity index (χ4v) is 5.70. The lowest BCUT2D eigenvalue weighted by Crippen LogP contribution is -2.40. The summed E-state index contributed by atoms with van der Waals surface area (Å²) in [4.78, 5) is 22.7. The van der Waals surface area contributed by atoms with E-state index in [-0.39, 0.29) is 4.90 Å². The molecule has 1 unspecified atom stereocenters. The van der Waals surface area contributed by atoms with Gasteiger partial charge < -0.3 is 21.0 Å². The Hall–Kier alpha value is -4.43. The summed E-state index contributed by atoms with van der Waals surface area (Å²) >= 11 is 0. The van der Waals surface area contributed by atoms with Crippen LogP contribution in [0.4, 0.5) is 18.9 Å². The maximum Gasteiger partial charge on any atom is 0.490 e. The Labute approximate surface area is 254 Å². The molecule has 238 valence electrons. The van der Waals surface area contributed by atoms with Gasteiger partial charge in [0.2, 0.25) is 10.0 Å². The monoisotopic (exact) mass is 636 g/mol. The minimum Gasteiger partial charge on any atom is -0.480 e. The molecule has 0 aliphatic rings. The van der Waals surface area contributed by atoms with Crippen LogP contribution >= 0.6 is 0 Å². The van der Waals surface area contributed by atoms with Gasteiger partial charge >= 0.3 is 18.1 Å². The van der Waals surface area contributed by atoms with Gasteiger partial charge in [0.05, 0.1) is 11.1 Å². The fraction of sp³-hybridized carbons (Fsp3) is 0.300. The van der Waals surface area contributed by atoms with Crippen molar-refractivity contribution in [3.05, 3.63) is 83.9 Å². The van der Waals surface area contributed by atoms with Gasteiger partial charge in [0.25, 0.3) is 0 Å². The number of aliphatic carboxylic acids is 2. The molecule has 0 aliphatic carbocycles. The van der Waals surface area contributed by atoms with E-state index in [1.54, 1.807) is 45.9 Å². The van der Waals surface area contributed by atoms with Gasteiger partial charge in [-0.3, -0.25) is 0 Å². The summed E-state index contributed by atoms with van der Waals surface area (Å²) in [5, 5.41) is 20.3. The number of rotatable bonds is 10. The molecule has 0 saturated carbocycles. The number of benzene rings is 3. The number of hydrogen-bond donors (Lipinski definition) is 4. The van der Waals surface area contributed by atoms with E-state index >= 15 is 0 Å². The van der Waals surface area contributed by atoms with Crippen LogP contribution in [0.3, 0.4) is 0 Å². The van der Waals surface area contributed by atoms with Gasteiger partial charge in [0.1, 0.15) is 6.04 Å². The highest BCUT2D eigenvalue weighted by atomic mass is 32.2. The van der Waals surface area contributed by atoms with Gasteiger partial charge in [-0.05, 0) is 69.0 Å². The third-order valence-corrected chi connectivity index (χ3v) is 7.83. The Balaban J connectivity index is 0.000000860. The second-order valence-corrected chi connectivity index (χ2v) is 12.3. The maximum absolute atomic E-state index is 13.0. The average Bonchev–Trinajstić information content (AvgIpc) is 2.92. The third-order valence-electron chi connectivity index (χ3n) is 6.02. The first-order valence-corrected chi connectivity index (χ1v) is 14.7. The van der Waals surface area contributed by atoms with E-state index in [2.05, 4.69) is 9.82 Å². The molecule has 0 amide bonds. The first kappa shape index (κ1) is 35.8. The molecule has 3 aromatic carbocycles. The Morgan fingerprint density at radius 1 is 1.00 bits per heavy atom. The van der Waals surface area contributed by atoms with E-state index < -0.39 is 39.7 Å². The van der Waals surface area contributed by atoms with Gasteiger partial charge in [-0.2, -0.15) is 18.3 Å². The molecular formula is C30H35F3N4O6S. The average molecular weight is 637 g/mol. The SMILES string of the molecule is CC(C(=O)O)N(CCc1ccc(-c2ccccc2S(=O)(=O)NC(C)(C)C)cc1)c1cccc(C=NN)c1.O=C(O)C(F)(F)F. The van der Waals surface area contributed by atoms with Gasteiger partial charge in [-0.25, -0.2) is 22.7 Å². The molecular weight excluding hydrogens is 601 g/mol. The summed E-state index contributed by atoms with van der Waals surface area (Å²) in [7, 11) is -3.71. The number of carbonyl (C=O) groups is 2. The van der Waals surface area contributed by atoms with Crippen LogP contribution in [0.2, 0.25) is 0 Å². The van der Waals surface area contributed by atoms with Crippen LogP contribution in [0.1, 0.15) is 38.8 Å². The van der Waals surface area contributed by atoms with E-state index in [1.165, 1.54) is 6.21 Å². The van der Waals surface area contributed by atoms with Crippen LogP contribution in [-0.4, -0.2) is 61.1 Å².